The molecule has 1 atom stereocenters. The van der Waals surface area contributed by atoms with Gasteiger partial charge in [-0.2, -0.15) is 5.10 Å². The molecule has 6 nitrogen and oxygen atoms in total. The van der Waals surface area contributed by atoms with Gasteiger partial charge in [-0.25, -0.2) is 9.07 Å². The number of nitrogens with zero attached hydrogens (tertiary/aromatic N) is 4. The van der Waals surface area contributed by atoms with Crippen molar-refractivity contribution >= 4 is 22.4 Å². The van der Waals surface area contributed by atoms with E-state index in [9.17, 15) is 9.18 Å². The molecule has 8 heteroatoms. The maximum Gasteiger partial charge on any atom is 0.226 e. The van der Waals surface area contributed by atoms with Crippen LogP contribution in [-0.2, 0) is 17.6 Å². The summed E-state index contributed by atoms with van der Waals surface area (Å²) in [6.07, 6.45) is 5.92. The van der Waals surface area contributed by atoms with E-state index in [0.29, 0.717) is 11.6 Å². The average Bonchev–Trinajstić information content (AvgIpc) is 3.30. The third kappa shape index (κ3) is 3.90. The number of halogens is 1. The van der Waals surface area contributed by atoms with Gasteiger partial charge in [-0.05, 0) is 60.9 Å². The van der Waals surface area contributed by atoms with E-state index in [-0.39, 0.29) is 17.1 Å². The zero-order valence-corrected chi connectivity index (χ0v) is 15.8. The number of benzene rings is 1. The summed E-state index contributed by atoms with van der Waals surface area (Å²) in [5.41, 5.74) is 4.91. The van der Waals surface area contributed by atoms with Crippen LogP contribution >= 0.6 is 11.3 Å². The number of carbonyl (C=O) groups excluding carboxylic acids is 1. The molecular formula is C19H20FN5OS. The first kappa shape index (κ1) is 17.8. The van der Waals surface area contributed by atoms with E-state index in [4.69, 9.17) is 0 Å². The summed E-state index contributed by atoms with van der Waals surface area (Å²) in [5.74, 6) is -0.278. The number of rotatable bonds is 5. The minimum atomic E-state index is -0.251. The van der Waals surface area contributed by atoms with Gasteiger partial charge in [-0.1, -0.05) is 18.3 Å². The molecule has 0 radical (unpaired) electrons. The summed E-state index contributed by atoms with van der Waals surface area (Å²) >= 11 is 1.32. The van der Waals surface area contributed by atoms with Crippen molar-refractivity contribution < 1.29 is 9.18 Å². The van der Waals surface area contributed by atoms with Crippen LogP contribution in [-0.4, -0.2) is 25.9 Å². The summed E-state index contributed by atoms with van der Waals surface area (Å²) in [7, 11) is 0. The molecule has 140 valence electrons. The van der Waals surface area contributed by atoms with Crippen molar-refractivity contribution in [3.8, 4) is 5.69 Å². The molecule has 3 aromatic rings. The molecule has 4 rings (SSSR count). The Morgan fingerprint density at radius 2 is 2.19 bits per heavy atom. The number of fused-ring (bicyclic) bond motifs is 1. The smallest absolute Gasteiger partial charge is 0.226 e. The van der Waals surface area contributed by atoms with Crippen molar-refractivity contribution in [2.24, 2.45) is 5.41 Å². The van der Waals surface area contributed by atoms with Gasteiger partial charge in [0.05, 0.1) is 11.9 Å². The van der Waals surface area contributed by atoms with E-state index >= 15 is 0 Å². The van der Waals surface area contributed by atoms with Crippen LogP contribution in [0.1, 0.15) is 37.4 Å². The van der Waals surface area contributed by atoms with Crippen molar-refractivity contribution in [2.45, 2.75) is 39.0 Å². The Balaban J connectivity index is 1.42. The lowest BCUT2D eigenvalue weighted by Crippen LogP contribution is -2.28. The SMILES string of the molecule is C[C@@]1(CCC(=O)Nc2nncs2)CCc2c(cnn2-c2ccc(F)cc2)C1. The molecule has 1 aliphatic rings. The predicted octanol–water partition coefficient (Wildman–Crippen LogP) is 3.78. The quantitative estimate of drug-likeness (QED) is 0.725. The van der Waals surface area contributed by atoms with E-state index in [1.807, 2.05) is 10.9 Å². The molecule has 0 fully saturated rings. The zero-order chi connectivity index (χ0) is 18.9. The first-order valence-corrected chi connectivity index (χ1v) is 9.78. The Kier molecular flexibility index (Phi) is 4.73. The fraction of sp³-hybridized carbons (Fsp3) is 0.368. The number of nitrogens with one attached hydrogen (secondary N) is 1. The summed E-state index contributed by atoms with van der Waals surface area (Å²) in [4.78, 5) is 12.1. The Labute approximate surface area is 160 Å². The second-order valence-corrected chi connectivity index (χ2v) is 8.12. The minimum Gasteiger partial charge on any atom is -0.301 e. The molecule has 0 aliphatic heterocycles. The molecule has 2 aromatic heterocycles. The highest BCUT2D eigenvalue weighted by Gasteiger charge is 2.32. The first-order valence-electron chi connectivity index (χ1n) is 8.90. The number of amides is 1. The van der Waals surface area contributed by atoms with Crippen LogP contribution < -0.4 is 5.32 Å². The van der Waals surface area contributed by atoms with Gasteiger partial charge in [-0.15, -0.1) is 10.2 Å². The van der Waals surface area contributed by atoms with Gasteiger partial charge in [0.2, 0.25) is 11.0 Å². The maximum atomic E-state index is 13.2. The number of aromatic nitrogens is 4. The number of anilines is 1. The average molecular weight is 385 g/mol. The summed E-state index contributed by atoms with van der Waals surface area (Å²) in [6, 6.07) is 6.39. The van der Waals surface area contributed by atoms with Gasteiger partial charge in [-0.3, -0.25) is 4.79 Å². The van der Waals surface area contributed by atoms with E-state index < -0.39 is 0 Å². The van der Waals surface area contributed by atoms with Crippen molar-refractivity contribution in [2.75, 3.05) is 5.32 Å². The second kappa shape index (κ2) is 7.19. The lowest BCUT2D eigenvalue weighted by atomic mass is 9.72. The summed E-state index contributed by atoms with van der Waals surface area (Å²) in [5, 5.41) is 15.4. The zero-order valence-electron chi connectivity index (χ0n) is 15.0. The molecular weight excluding hydrogens is 365 g/mol. The van der Waals surface area contributed by atoms with Crippen LogP contribution in [0.15, 0.2) is 36.0 Å². The largest absolute Gasteiger partial charge is 0.301 e. The van der Waals surface area contributed by atoms with Gasteiger partial charge in [0, 0.05) is 12.1 Å². The summed E-state index contributed by atoms with van der Waals surface area (Å²) in [6.45, 7) is 2.23. The fourth-order valence-electron chi connectivity index (χ4n) is 3.63. The van der Waals surface area contributed by atoms with E-state index in [2.05, 4.69) is 27.5 Å². The molecule has 0 spiro atoms. The summed E-state index contributed by atoms with van der Waals surface area (Å²) < 4.78 is 15.1. The van der Waals surface area contributed by atoms with E-state index in [1.165, 1.54) is 34.7 Å². The highest BCUT2D eigenvalue weighted by molar-refractivity contribution is 7.13. The fourth-order valence-corrected chi connectivity index (χ4v) is 4.09. The first-order chi connectivity index (χ1) is 13.0. The maximum absolute atomic E-state index is 13.2. The van der Waals surface area contributed by atoms with Crippen molar-refractivity contribution in [1.82, 2.24) is 20.0 Å². The lowest BCUT2D eigenvalue weighted by molar-refractivity contribution is -0.116. The molecule has 1 aromatic carbocycles. The normalized spacial score (nSPS) is 18.9. The number of carbonyl (C=O) groups is 1. The molecule has 1 aliphatic carbocycles. The van der Waals surface area contributed by atoms with Gasteiger partial charge in [0.1, 0.15) is 11.3 Å². The Bertz CT molecular complexity index is 938. The van der Waals surface area contributed by atoms with Crippen LogP contribution in [0.2, 0.25) is 0 Å². The van der Waals surface area contributed by atoms with Crippen molar-refractivity contribution in [1.29, 1.82) is 0 Å². The van der Waals surface area contributed by atoms with Crippen LogP contribution in [0.25, 0.3) is 5.69 Å². The van der Waals surface area contributed by atoms with E-state index in [1.54, 1.807) is 17.6 Å². The second-order valence-electron chi connectivity index (χ2n) is 7.28. The highest BCUT2D eigenvalue weighted by Crippen LogP contribution is 2.39. The molecule has 27 heavy (non-hydrogen) atoms. The van der Waals surface area contributed by atoms with Crippen LogP contribution in [0, 0.1) is 11.2 Å². The molecule has 0 saturated carbocycles. The topological polar surface area (TPSA) is 72.7 Å². The van der Waals surface area contributed by atoms with E-state index in [0.717, 1.165) is 31.4 Å². The van der Waals surface area contributed by atoms with Crippen LogP contribution in [0.4, 0.5) is 9.52 Å². The van der Waals surface area contributed by atoms with Crippen molar-refractivity contribution in [3.05, 3.63) is 53.0 Å². The minimum absolute atomic E-state index is 0.0271. The Hall–Kier alpha value is -2.61. The molecule has 0 unspecified atom stereocenters. The predicted molar refractivity (Wildman–Crippen MR) is 101 cm³/mol. The third-order valence-corrected chi connectivity index (χ3v) is 5.78. The van der Waals surface area contributed by atoms with Crippen LogP contribution in [0.3, 0.4) is 0 Å². The molecule has 1 amide bonds. The third-order valence-electron chi connectivity index (χ3n) is 5.17. The van der Waals surface area contributed by atoms with Gasteiger partial charge < -0.3 is 5.32 Å². The molecule has 0 bridgehead atoms. The number of hydrogen-bond acceptors (Lipinski definition) is 5. The van der Waals surface area contributed by atoms with Crippen LogP contribution in [0.5, 0.6) is 0 Å². The Morgan fingerprint density at radius 3 is 2.93 bits per heavy atom. The Morgan fingerprint density at radius 1 is 1.37 bits per heavy atom. The van der Waals surface area contributed by atoms with Gasteiger partial charge in [0.25, 0.3) is 0 Å². The monoisotopic (exact) mass is 385 g/mol. The molecule has 2 heterocycles. The molecule has 0 saturated heterocycles. The lowest BCUT2D eigenvalue weighted by Gasteiger charge is -2.33. The highest BCUT2D eigenvalue weighted by atomic mass is 32.1. The van der Waals surface area contributed by atoms with Gasteiger partial charge in [0.15, 0.2) is 0 Å². The van der Waals surface area contributed by atoms with Crippen molar-refractivity contribution in [3.63, 3.8) is 0 Å². The standard InChI is InChI=1S/C19H20FN5OS/c1-19(9-7-17(26)23-18-24-21-12-27-18)8-6-16-13(10-19)11-22-25(16)15-4-2-14(20)3-5-15/h2-5,11-12H,6-10H2,1H3,(H,23,24,26)/t19-/m0/s1. The number of hydrogen-bond donors (Lipinski definition) is 1. The van der Waals surface area contributed by atoms with Gasteiger partial charge >= 0.3 is 0 Å². The molecule has 1 N–H and O–H groups in total.